The number of ether oxygens (including phenoxy) is 2. The molecule has 1 aromatic carbocycles. The number of benzene rings is 1. The number of methoxy groups -OCH3 is 1. The number of nitrogens with one attached hydrogen (secondary N) is 2. The van der Waals surface area contributed by atoms with Gasteiger partial charge in [0.05, 0.1) is 18.8 Å². The van der Waals surface area contributed by atoms with Crippen LogP contribution in [0.1, 0.15) is 23.6 Å². The van der Waals surface area contributed by atoms with Crippen LogP contribution in [0.4, 0.5) is 10.5 Å². The van der Waals surface area contributed by atoms with Crippen LogP contribution >= 0.6 is 0 Å². The van der Waals surface area contributed by atoms with Gasteiger partial charge in [-0.05, 0) is 31.0 Å². The topological polar surface area (TPSA) is 90.3 Å². The van der Waals surface area contributed by atoms with Gasteiger partial charge in [-0.15, -0.1) is 10.2 Å². The van der Waals surface area contributed by atoms with Crippen LogP contribution in [0, 0.1) is 6.92 Å². The van der Waals surface area contributed by atoms with Crippen molar-refractivity contribution in [2.75, 3.05) is 25.6 Å². The fourth-order valence-corrected chi connectivity index (χ4v) is 2.75. The highest BCUT2D eigenvalue weighted by Gasteiger charge is 2.17. The van der Waals surface area contributed by atoms with Crippen molar-refractivity contribution in [1.29, 1.82) is 0 Å². The number of aryl methyl sites for hydroxylation is 2. The summed E-state index contributed by atoms with van der Waals surface area (Å²) >= 11 is 0. The van der Waals surface area contributed by atoms with Crippen molar-refractivity contribution in [3.8, 4) is 5.75 Å². The Kier molecular flexibility index (Phi) is 5.49. The van der Waals surface area contributed by atoms with Gasteiger partial charge in [0.25, 0.3) is 0 Å². The van der Waals surface area contributed by atoms with Gasteiger partial charge in [0, 0.05) is 20.1 Å². The second kappa shape index (κ2) is 7.98. The van der Waals surface area contributed by atoms with Gasteiger partial charge in [-0.25, -0.2) is 4.79 Å². The molecule has 0 radical (unpaired) electrons. The molecule has 8 nitrogen and oxygen atoms in total. The van der Waals surface area contributed by atoms with Crippen molar-refractivity contribution in [1.82, 2.24) is 20.1 Å². The molecular formula is C17H23N5O3. The number of urea groups is 1. The quantitative estimate of drug-likeness (QED) is 0.748. The summed E-state index contributed by atoms with van der Waals surface area (Å²) in [5, 5.41) is 13.9. The Morgan fingerprint density at radius 1 is 1.32 bits per heavy atom. The predicted octanol–water partition coefficient (Wildman–Crippen LogP) is 1.88. The molecule has 0 spiro atoms. The highest BCUT2D eigenvalue weighted by Crippen LogP contribution is 2.25. The van der Waals surface area contributed by atoms with Crippen LogP contribution in [0.3, 0.4) is 0 Å². The summed E-state index contributed by atoms with van der Waals surface area (Å²) in [4.78, 5) is 12.2. The second-order valence-corrected chi connectivity index (χ2v) is 5.94. The van der Waals surface area contributed by atoms with E-state index in [4.69, 9.17) is 9.47 Å². The second-order valence-electron chi connectivity index (χ2n) is 5.94. The lowest BCUT2D eigenvalue weighted by Gasteiger charge is -2.14. The first-order chi connectivity index (χ1) is 12.2. The number of aromatic nitrogens is 3. The third-order valence-electron chi connectivity index (χ3n) is 4.02. The molecule has 0 aliphatic carbocycles. The van der Waals surface area contributed by atoms with Crippen molar-refractivity contribution < 1.29 is 14.3 Å². The SMILES string of the molecule is COCCOc1cc(C)ccc1NC(=O)NCc1nnc2n1CCC2. The largest absolute Gasteiger partial charge is 0.489 e. The van der Waals surface area contributed by atoms with E-state index in [0.717, 1.165) is 36.6 Å². The normalized spacial score (nSPS) is 12.7. The van der Waals surface area contributed by atoms with E-state index in [1.54, 1.807) is 7.11 Å². The average Bonchev–Trinajstić information content (AvgIpc) is 3.19. The molecule has 0 bridgehead atoms. The molecule has 0 atom stereocenters. The highest BCUT2D eigenvalue weighted by molar-refractivity contribution is 5.90. The standard InChI is InChI=1S/C17H23N5O3/c1-12-5-6-13(14(10-12)25-9-8-24-2)19-17(23)18-11-16-21-20-15-4-3-7-22(15)16/h5-6,10H,3-4,7-9,11H2,1-2H3,(H2,18,19,23). The average molecular weight is 345 g/mol. The number of fused-ring (bicyclic) bond motifs is 1. The molecule has 3 rings (SSSR count). The number of hydrogen-bond acceptors (Lipinski definition) is 5. The maximum absolute atomic E-state index is 12.2. The summed E-state index contributed by atoms with van der Waals surface area (Å²) in [6.45, 7) is 4.12. The van der Waals surface area contributed by atoms with E-state index in [0.29, 0.717) is 31.2 Å². The third kappa shape index (κ3) is 4.27. The summed E-state index contributed by atoms with van der Waals surface area (Å²) in [5.74, 6) is 2.39. The van der Waals surface area contributed by atoms with Gasteiger partial charge in [-0.3, -0.25) is 0 Å². The molecule has 8 heteroatoms. The van der Waals surface area contributed by atoms with E-state index in [1.165, 1.54) is 0 Å². The summed E-state index contributed by atoms with van der Waals surface area (Å²) in [5.41, 5.74) is 1.67. The van der Waals surface area contributed by atoms with E-state index in [1.807, 2.05) is 25.1 Å². The first kappa shape index (κ1) is 17.2. The molecule has 134 valence electrons. The smallest absolute Gasteiger partial charge is 0.319 e. The minimum atomic E-state index is -0.309. The molecular weight excluding hydrogens is 322 g/mol. The van der Waals surface area contributed by atoms with E-state index >= 15 is 0 Å². The minimum Gasteiger partial charge on any atom is -0.489 e. The molecule has 0 saturated heterocycles. The minimum absolute atomic E-state index is 0.309. The molecule has 1 aliphatic rings. The van der Waals surface area contributed by atoms with E-state index in [2.05, 4.69) is 25.4 Å². The molecule has 1 aromatic heterocycles. The Morgan fingerprint density at radius 2 is 2.20 bits per heavy atom. The lowest BCUT2D eigenvalue weighted by Crippen LogP contribution is -2.29. The number of carbonyl (C=O) groups excluding carboxylic acids is 1. The lowest BCUT2D eigenvalue weighted by molar-refractivity contribution is 0.146. The summed E-state index contributed by atoms with van der Waals surface area (Å²) in [6.07, 6.45) is 2.03. The number of rotatable bonds is 7. The fraction of sp³-hybridized carbons (Fsp3) is 0.471. The number of nitrogens with zero attached hydrogens (tertiary/aromatic N) is 3. The van der Waals surface area contributed by atoms with Crippen molar-refractivity contribution in [3.63, 3.8) is 0 Å². The van der Waals surface area contributed by atoms with Crippen LogP contribution < -0.4 is 15.4 Å². The van der Waals surface area contributed by atoms with Crippen LogP contribution in [0.2, 0.25) is 0 Å². The van der Waals surface area contributed by atoms with Crippen LogP contribution in [-0.4, -0.2) is 41.1 Å². The van der Waals surface area contributed by atoms with Crippen LogP contribution in [-0.2, 0) is 24.2 Å². The lowest BCUT2D eigenvalue weighted by atomic mass is 10.2. The van der Waals surface area contributed by atoms with Gasteiger partial charge < -0.3 is 24.7 Å². The van der Waals surface area contributed by atoms with Gasteiger partial charge in [0.15, 0.2) is 5.82 Å². The fourth-order valence-electron chi connectivity index (χ4n) is 2.75. The summed E-state index contributed by atoms with van der Waals surface area (Å²) in [6, 6.07) is 5.32. The number of anilines is 1. The van der Waals surface area contributed by atoms with Crippen LogP contribution in [0.25, 0.3) is 0 Å². The van der Waals surface area contributed by atoms with Gasteiger partial charge in [-0.2, -0.15) is 0 Å². The molecule has 1 aliphatic heterocycles. The maximum Gasteiger partial charge on any atom is 0.319 e. The molecule has 2 heterocycles. The number of carbonyl (C=O) groups is 1. The van der Waals surface area contributed by atoms with Crippen molar-refractivity contribution >= 4 is 11.7 Å². The van der Waals surface area contributed by atoms with E-state index in [-0.39, 0.29) is 6.03 Å². The summed E-state index contributed by atoms with van der Waals surface area (Å²) in [7, 11) is 1.62. The van der Waals surface area contributed by atoms with Gasteiger partial charge in [0.2, 0.25) is 0 Å². The third-order valence-corrected chi connectivity index (χ3v) is 4.02. The Bertz CT molecular complexity index is 744. The number of hydrogen-bond donors (Lipinski definition) is 2. The van der Waals surface area contributed by atoms with Gasteiger partial charge in [-0.1, -0.05) is 6.07 Å². The van der Waals surface area contributed by atoms with Gasteiger partial charge >= 0.3 is 6.03 Å². The van der Waals surface area contributed by atoms with E-state index in [9.17, 15) is 4.79 Å². The first-order valence-corrected chi connectivity index (χ1v) is 8.35. The van der Waals surface area contributed by atoms with E-state index < -0.39 is 0 Å². The zero-order valence-electron chi connectivity index (χ0n) is 14.5. The van der Waals surface area contributed by atoms with Crippen molar-refractivity contribution in [2.24, 2.45) is 0 Å². The Morgan fingerprint density at radius 3 is 3.04 bits per heavy atom. The van der Waals surface area contributed by atoms with Crippen molar-refractivity contribution in [2.45, 2.75) is 32.9 Å². The number of amides is 2. The zero-order chi connectivity index (χ0) is 17.6. The monoisotopic (exact) mass is 345 g/mol. The molecule has 2 amide bonds. The van der Waals surface area contributed by atoms with Crippen LogP contribution in [0.15, 0.2) is 18.2 Å². The Balaban J connectivity index is 1.58. The van der Waals surface area contributed by atoms with Crippen LogP contribution in [0.5, 0.6) is 5.75 Å². The predicted molar refractivity (Wildman–Crippen MR) is 92.8 cm³/mol. The Hall–Kier alpha value is -2.61. The molecule has 0 fully saturated rings. The molecule has 0 saturated carbocycles. The maximum atomic E-state index is 12.2. The molecule has 0 unspecified atom stereocenters. The Labute approximate surface area is 146 Å². The zero-order valence-corrected chi connectivity index (χ0v) is 14.5. The molecule has 2 N–H and O–H groups in total. The highest BCUT2D eigenvalue weighted by atomic mass is 16.5. The summed E-state index contributed by atoms with van der Waals surface area (Å²) < 4.78 is 12.7. The first-order valence-electron chi connectivity index (χ1n) is 8.35. The van der Waals surface area contributed by atoms with Gasteiger partial charge in [0.1, 0.15) is 18.2 Å². The molecule has 25 heavy (non-hydrogen) atoms. The van der Waals surface area contributed by atoms with Crippen molar-refractivity contribution in [3.05, 3.63) is 35.4 Å². The molecule has 2 aromatic rings.